The monoisotopic (exact) mass is 346 g/mol. The molecular weight excluding hydrogens is 316 g/mol. The van der Waals surface area contributed by atoms with Gasteiger partial charge in [-0.1, -0.05) is 13.3 Å². The lowest BCUT2D eigenvalue weighted by Gasteiger charge is -2.59. The van der Waals surface area contributed by atoms with Crippen LogP contribution in [0, 0.1) is 10.8 Å². The van der Waals surface area contributed by atoms with E-state index in [9.17, 15) is 4.79 Å². The quantitative estimate of drug-likeness (QED) is 0.781. The molecule has 5 heteroatoms. The molecule has 25 heavy (non-hydrogen) atoms. The van der Waals surface area contributed by atoms with Gasteiger partial charge in [-0.2, -0.15) is 0 Å². The Bertz CT molecular complexity index is 686. The van der Waals surface area contributed by atoms with E-state index in [2.05, 4.69) is 26.0 Å². The summed E-state index contributed by atoms with van der Waals surface area (Å²) in [7, 11) is 3.36. The van der Waals surface area contributed by atoms with Crippen LogP contribution in [0.3, 0.4) is 0 Å². The van der Waals surface area contributed by atoms with E-state index < -0.39 is 0 Å². The fraction of sp³-hybridized carbons (Fsp3) is 0.650. The van der Waals surface area contributed by atoms with Crippen molar-refractivity contribution in [3.05, 3.63) is 23.8 Å². The Morgan fingerprint density at radius 1 is 1.08 bits per heavy atom. The number of ether oxygens (including phenoxy) is 2. The highest BCUT2D eigenvalue weighted by atomic mass is 16.5. The van der Waals surface area contributed by atoms with Crippen molar-refractivity contribution < 1.29 is 24.1 Å². The number of hydrogen-bond donors (Lipinski definition) is 2. The normalized spacial score (nSPS) is 38.9. The summed E-state index contributed by atoms with van der Waals surface area (Å²) in [5.41, 5.74) is 1.05. The van der Waals surface area contributed by atoms with Crippen LogP contribution in [-0.4, -0.2) is 46.2 Å². The Hall–Kier alpha value is -1.59. The van der Waals surface area contributed by atoms with E-state index >= 15 is 0 Å². The molecule has 1 aromatic carbocycles. The second-order valence-electron chi connectivity index (χ2n) is 8.49. The molecule has 2 N–H and O–H groups in total. The number of hydrogen-bond acceptors (Lipinski definition) is 3. The molecule has 5 nitrogen and oxygen atoms in total. The van der Waals surface area contributed by atoms with Gasteiger partial charge in [-0.05, 0) is 31.5 Å². The topological polar surface area (TPSA) is 44.4 Å². The third-order valence-electron chi connectivity index (χ3n) is 6.68. The number of rotatable bonds is 5. The maximum Gasteiger partial charge on any atom is 0.240 e. The predicted octanol–water partition coefficient (Wildman–Crippen LogP) is -0.125. The molecule has 2 unspecified atom stereocenters. The number of ketones is 1. The van der Waals surface area contributed by atoms with E-state index in [0.717, 1.165) is 50.5 Å². The summed E-state index contributed by atoms with van der Waals surface area (Å²) in [5.74, 6) is 2.11. The van der Waals surface area contributed by atoms with Crippen LogP contribution in [0.1, 0.15) is 38.4 Å². The highest BCUT2D eigenvalue weighted by Crippen LogP contribution is 2.40. The van der Waals surface area contributed by atoms with Crippen molar-refractivity contribution in [1.29, 1.82) is 0 Å². The van der Waals surface area contributed by atoms with Gasteiger partial charge in [0.25, 0.3) is 0 Å². The maximum absolute atomic E-state index is 13.2. The predicted molar refractivity (Wildman–Crippen MR) is 94.1 cm³/mol. The number of Topliss-reactive ketones (excluding diaryl/α,β-unsaturated/α-hetero) is 1. The molecule has 0 radical (unpaired) electrons. The van der Waals surface area contributed by atoms with Gasteiger partial charge < -0.3 is 9.47 Å². The summed E-state index contributed by atoms with van der Waals surface area (Å²) in [6.07, 6.45) is 2.52. The van der Waals surface area contributed by atoms with Crippen LogP contribution >= 0.6 is 0 Å². The Morgan fingerprint density at radius 3 is 2.28 bits per heavy atom. The van der Waals surface area contributed by atoms with Crippen LogP contribution in [-0.2, 0) is 4.79 Å². The molecule has 136 valence electrons. The number of carbonyl (C=O) groups excluding carboxylic acids is 1. The lowest BCUT2D eigenvalue weighted by atomic mass is 9.59. The number of quaternary nitrogens is 2. The van der Waals surface area contributed by atoms with Gasteiger partial charge in [-0.25, -0.2) is 0 Å². The van der Waals surface area contributed by atoms with E-state index in [1.165, 1.54) is 5.56 Å². The minimum Gasteiger partial charge on any atom is -0.493 e. The zero-order valence-corrected chi connectivity index (χ0v) is 15.8. The first-order chi connectivity index (χ1) is 12.0. The molecule has 0 amide bonds. The molecule has 4 fully saturated rings. The molecule has 0 spiro atoms. The van der Waals surface area contributed by atoms with Gasteiger partial charge in [0.1, 0.15) is 23.9 Å². The summed E-state index contributed by atoms with van der Waals surface area (Å²) in [6.45, 7) is 8.29. The number of benzene rings is 1. The van der Waals surface area contributed by atoms with Gasteiger partial charge >= 0.3 is 0 Å². The minimum atomic E-state index is -0.149. The van der Waals surface area contributed by atoms with Gasteiger partial charge in [-0.15, -0.1) is 0 Å². The van der Waals surface area contributed by atoms with Crippen LogP contribution < -0.4 is 19.3 Å². The van der Waals surface area contributed by atoms with Crippen molar-refractivity contribution in [3.8, 4) is 11.5 Å². The van der Waals surface area contributed by atoms with Crippen molar-refractivity contribution in [1.82, 2.24) is 0 Å². The molecule has 4 heterocycles. The molecule has 0 aliphatic carbocycles. The van der Waals surface area contributed by atoms with Crippen molar-refractivity contribution in [2.45, 2.75) is 32.9 Å². The summed E-state index contributed by atoms with van der Waals surface area (Å²) in [5, 5.41) is 0. The molecule has 2 atom stereocenters. The van der Waals surface area contributed by atoms with Crippen LogP contribution in [0.4, 0.5) is 0 Å². The van der Waals surface area contributed by atoms with Gasteiger partial charge in [0, 0.05) is 0 Å². The van der Waals surface area contributed by atoms with Gasteiger partial charge in [0.2, 0.25) is 6.17 Å². The molecule has 5 rings (SSSR count). The number of piperidine rings is 2. The summed E-state index contributed by atoms with van der Waals surface area (Å²) < 4.78 is 10.9. The van der Waals surface area contributed by atoms with E-state index in [1.807, 2.05) is 6.07 Å². The first-order valence-corrected chi connectivity index (χ1v) is 9.42. The average Bonchev–Trinajstić information content (AvgIpc) is 2.58. The van der Waals surface area contributed by atoms with Crippen molar-refractivity contribution in [2.75, 3.05) is 40.4 Å². The molecule has 0 aromatic heterocycles. The van der Waals surface area contributed by atoms with E-state index in [1.54, 1.807) is 24.0 Å². The van der Waals surface area contributed by atoms with Crippen LogP contribution in [0.2, 0.25) is 0 Å². The van der Waals surface area contributed by atoms with Crippen LogP contribution in [0.25, 0.3) is 0 Å². The number of methoxy groups -OCH3 is 2. The molecular formula is C20H30N2O3+2. The maximum atomic E-state index is 13.2. The largest absolute Gasteiger partial charge is 0.493 e. The van der Waals surface area contributed by atoms with Crippen LogP contribution in [0.15, 0.2) is 18.2 Å². The molecule has 4 aliphatic rings. The Morgan fingerprint density at radius 2 is 1.72 bits per heavy atom. The Labute approximate surface area is 149 Å². The van der Waals surface area contributed by atoms with Crippen LogP contribution in [0.5, 0.6) is 11.5 Å². The van der Waals surface area contributed by atoms with E-state index in [0.29, 0.717) is 11.9 Å². The van der Waals surface area contributed by atoms with Crippen molar-refractivity contribution in [3.63, 3.8) is 0 Å². The number of nitrogens with one attached hydrogen (secondary N) is 2. The molecule has 4 saturated heterocycles. The smallest absolute Gasteiger partial charge is 0.240 e. The standard InChI is InChI=1S/C20H28N2O3/c1-5-8-20-12-21-10-19(2,18(20)23)11-22(13-20)17(21)14-6-7-15(24-3)16(9-14)25-4/h6-7,9,17H,5,8,10-13H2,1-4H3/p+2. The Kier molecular flexibility index (Phi) is 3.85. The van der Waals surface area contributed by atoms with E-state index in [4.69, 9.17) is 9.47 Å². The highest BCUT2D eigenvalue weighted by molar-refractivity contribution is 5.91. The second kappa shape index (κ2) is 5.71. The van der Waals surface area contributed by atoms with Gasteiger partial charge in [0.05, 0.1) is 32.9 Å². The third kappa shape index (κ3) is 2.32. The molecule has 4 aliphatic heterocycles. The fourth-order valence-electron chi connectivity index (χ4n) is 6.05. The van der Waals surface area contributed by atoms with Gasteiger partial charge in [-0.3, -0.25) is 14.6 Å². The summed E-state index contributed by atoms with van der Waals surface area (Å²) in [4.78, 5) is 16.3. The van der Waals surface area contributed by atoms with Gasteiger partial charge in [0.15, 0.2) is 17.3 Å². The van der Waals surface area contributed by atoms with E-state index in [-0.39, 0.29) is 10.8 Å². The zero-order valence-electron chi connectivity index (χ0n) is 15.8. The average molecular weight is 346 g/mol. The fourth-order valence-corrected chi connectivity index (χ4v) is 6.05. The first-order valence-electron chi connectivity index (χ1n) is 9.42. The second-order valence-corrected chi connectivity index (χ2v) is 8.49. The minimum absolute atomic E-state index is 0.0995. The zero-order chi connectivity index (χ0) is 17.8. The highest BCUT2D eigenvalue weighted by Gasteiger charge is 2.69. The molecule has 0 saturated carbocycles. The van der Waals surface area contributed by atoms with Crippen molar-refractivity contribution in [2.24, 2.45) is 10.8 Å². The first kappa shape index (κ1) is 16.9. The lowest BCUT2D eigenvalue weighted by Crippen LogP contribution is -3.41. The van der Waals surface area contributed by atoms with Crippen molar-refractivity contribution >= 4 is 5.78 Å². The number of carbonyl (C=O) groups is 1. The SMILES string of the molecule is CCCC12C[NH+]3CC(C)(C[NH+](C1)C3c1ccc(OC)c(OC)c1)C2=O. The Balaban J connectivity index is 1.70. The summed E-state index contributed by atoms with van der Waals surface area (Å²) in [6, 6.07) is 6.31. The summed E-state index contributed by atoms with van der Waals surface area (Å²) >= 11 is 0. The lowest BCUT2D eigenvalue weighted by molar-refractivity contribution is -1.18. The molecule has 4 bridgehead atoms. The third-order valence-corrected chi connectivity index (χ3v) is 6.68. The molecule has 1 aromatic rings.